The molecule has 8 nitrogen and oxygen atoms in total. The Morgan fingerprint density at radius 1 is 1.25 bits per heavy atom. The van der Waals surface area contributed by atoms with Gasteiger partial charge in [-0.15, -0.1) is 0 Å². The van der Waals surface area contributed by atoms with Crippen molar-refractivity contribution in [2.24, 2.45) is 11.5 Å². The number of nitrogens with two attached hydrogens (primary N) is 2. The molecule has 86 valence electrons. The Morgan fingerprint density at radius 2 is 1.81 bits per heavy atom. The minimum atomic E-state index is -1.13. The highest BCUT2D eigenvalue weighted by molar-refractivity contribution is 5.98. The van der Waals surface area contributed by atoms with E-state index in [1.165, 1.54) is 0 Å². The van der Waals surface area contributed by atoms with Gasteiger partial charge >= 0.3 is 0 Å². The average Bonchev–Trinajstić information content (AvgIpc) is 2.19. The summed E-state index contributed by atoms with van der Waals surface area (Å²) in [6, 6.07) is 0. The van der Waals surface area contributed by atoms with Crippen molar-refractivity contribution in [1.82, 2.24) is 4.98 Å². The van der Waals surface area contributed by atoms with E-state index in [2.05, 4.69) is 0 Å². The third-order valence-electron chi connectivity index (χ3n) is 1.94. The van der Waals surface area contributed by atoms with E-state index in [-0.39, 0.29) is 0 Å². The van der Waals surface area contributed by atoms with Crippen molar-refractivity contribution in [3.05, 3.63) is 27.2 Å². The van der Waals surface area contributed by atoms with Crippen molar-refractivity contribution < 1.29 is 19.8 Å². The number of primary amides is 2. The number of aliphatic hydroxyl groups excluding tert-OH is 1. The first-order valence-electron chi connectivity index (χ1n) is 4.08. The van der Waals surface area contributed by atoms with Gasteiger partial charge in [0.05, 0.1) is 6.61 Å². The predicted octanol–water partition coefficient (Wildman–Crippen LogP) is -2.23. The Balaban J connectivity index is 3.70. The maximum absolute atomic E-state index is 11.3. The first-order chi connectivity index (χ1) is 7.40. The maximum atomic E-state index is 11.3. The van der Waals surface area contributed by atoms with Crippen molar-refractivity contribution in [2.75, 3.05) is 0 Å². The summed E-state index contributed by atoms with van der Waals surface area (Å²) in [5, 5.41) is 18.4. The first-order valence-corrected chi connectivity index (χ1v) is 4.08. The molecule has 8 heteroatoms. The van der Waals surface area contributed by atoms with E-state index in [1.54, 1.807) is 0 Å². The molecule has 0 aliphatic carbocycles. The van der Waals surface area contributed by atoms with Gasteiger partial charge in [-0.2, -0.15) is 0 Å². The van der Waals surface area contributed by atoms with E-state index in [9.17, 15) is 19.5 Å². The summed E-state index contributed by atoms with van der Waals surface area (Å²) in [4.78, 5) is 35.0. The molecule has 0 bridgehead atoms. The summed E-state index contributed by atoms with van der Waals surface area (Å²) in [6.07, 6.45) is 0. The number of nitrogens with one attached hydrogen (secondary N) is 1. The van der Waals surface area contributed by atoms with Crippen molar-refractivity contribution >= 4 is 11.8 Å². The number of H-pyrrole nitrogens is 1. The van der Waals surface area contributed by atoms with E-state index >= 15 is 0 Å². The Labute approximate surface area is 88.5 Å². The van der Waals surface area contributed by atoms with Gasteiger partial charge < -0.3 is 26.7 Å². The van der Waals surface area contributed by atoms with E-state index < -0.39 is 46.6 Å². The molecule has 0 saturated carbocycles. The van der Waals surface area contributed by atoms with Crippen LogP contribution in [0, 0.1) is 0 Å². The SMILES string of the molecule is NC(=O)c1[nH]c(=O)c(C(N)=O)c(CO)c1O. The van der Waals surface area contributed by atoms with Gasteiger partial charge in [0.1, 0.15) is 11.3 Å². The number of aromatic nitrogens is 1. The molecule has 0 saturated heterocycles. The standard InChI is InChI=1S/C8H9N3O5/c9-6(14)3-2(1-12)5(13)4(7(10)15)11-8(3)16/h12-13H,1H2,(H2,9,14)(H2,10,15)(H,11,16). The molecule has 1 heterocycles. The van der Waals surface area contributed by atoms with Crippen molar-refractivity contribution in [1.29, 1.82) is 0 Å². The number of hydrogen-bond donors (Lipinski definition) is 5. The largest absolute Gasteiger partial charge is 0.505 e. The van der Waals surface area contributed by atoms with Gasteiger partial charge in [-0.05, 0) is 0 Å². The summed E-state index contributed by atoms with van der Waals surface area (Å²) in [7, 11) is 0. The zero-order chi connectivity index (χ0) is 12.5. The van der Waals surface area contributed by atoms with Crippen LogP contribution in [0.3, 0.4) is 0 Å². The minimum absolute atomic E-state index is 0.426. The number of carbonyl (C=O) groups is 2. The van der Waals surface area contributed by atoms with Crippen LogP contribution < -0.4 is 17.0 Å². The Hall–Kier alpha value is -2.35. The summed E-state index contributed by atoms with van der Waals surface area (Å²) < 4.78 is 0. The highest BCUT2D eigenvalue weighted by Crippen LogP contribution is 2.21. The molecule has 0 unspecified atom stereocenters. The van der Waals surface area contributed by atoms with E-state index in [0.29, 0.717) is 0 Å². The molecule has 7 N–H and O–H groups in total. The second-order valence-electron chi connectivity index (χ2n) is 2.92. The number of hydrogen-bond acceptors (Lipinski definition) is 5. The molecular weight excluding hydrogens is 218 g/mol. The Morgan fingerprint density at radius 3 is 2.19 bits per heavy atom. The monoisotopic (exact) mass is 227 g/mol. The molecule has 0 aliphatic heterocycles. The van der Waals surface area contributed by atoms with Crippen LogP contribution in [0.15, 0.2) is 4.79 Å². The van der Waals surface area contributed by atoms with Crippen LogP contribution in [0.5, 0.6) is 5.75 Å². The van der Waals surface area contributed by atoms with Crippen LogP contribution in [0.2, 0.25) is 0 Å². The molecule has 1 rings (SSSR count). The van der Waals surface area contributed by atoms with E-state index in [4.69, 9.17) is 16.6 Å². The van der Waals surface area contributed by atoms with Gasteiger partial charge in [-0.3, -0.25) is 14.4 Å². The number of aliphatic hydroxyl groups is 1. The van der Waals surface area contributed by atoms with Gasteiger partial charge in [-0.25, -0.2) is 0 Å². The lowest BCUT2D eigenvalue weighted by atomic mass is 10.1. The minimum Gasteiger partial charge on any atom is -0.505 e. The van der Waals surface area contributed by atoms with Crippen LogP contribution in [0.4, 0.5) is 0 Å². The van der Waals surface area contributed by atoms with Crippen LogP contribution in [0.1, 0.15) is 26.4 Å². The Kier molecular flexibility index (Phi) is 2.95. The van der Waals surface area contributed by atoms with Crippen molar-refractivity contribution in [3.63, 3.8) is 0 Å². The number of aromatic amines is 1. The third kappa shape index (κ3) is 1.73. The molecule has 0 spiro atoms. The number of rotatable bonds is 3. The molecule has 16 heavy (non-hydrogen) atoms. The van der Waals surface area contributed by atoms with Gasteiger partial charge in [0.15, 0.2) is 5.75 Å². The molecule has 1 aromatic heterocycles. The summed E-state index contributed by atoms with van der Waals surface area (Å²) in [6.45, 7) is -0.825. The van der Waals surface area contributed by atoms with Crippen LogP contribution in [0.25, 0.3) is 0 Å². The van der Waals surface area contributed by atoms with Crippen LogP contribution >= 0.6 is 0 Å². The van der Waals surface area contributed by atoms with Gasteiger partial charge in [0.25, 0.3) is 17.4 Å². The first kappa shape index (κ1) is 11.7. The smallest absolute Gasteiger partial charge is 0.269 e. The molecule has 0 radical (unpaired) electrons. The normalized spacial score (nSPS) is 10.1. The fourth-order valence-electron chi connectivity index (χ4n) is 1.23. The molecule has 0 aliphatic rings. The predicted molar refractivity (Wildman–Crippen MR) is 51.7 cm³/mol. The quantitative estimate of drug-likeness (QED) is 0.394. The van der Waals surface area contributed by atoms with E-state index in [0.717, 1.165) is 0 Å². The lowest BCUT2D eigenvalue weighted by molar-refractivity contribution is 0.0977. The maximum Gasteiger partial charge on any atom is 0.269 e. The van der Waals surface area contributed by atoms with Gasteiger partial charge in [-0.1, -0.05) is 0 Å². The van der Waals surface area contributed by atoms with Crippen LogP contribution in [-0.2, 0) is 6.61 Å². The van der Waals surface area contributed by atoms with Crippen molar-refractivity contribution in [2.45, 2.75) is 6.61 Å². The fourth-order valence-corrected chi connectivity index (χ4v) is 1.23. The number of amides is 2. The summed E-state index contributed by atoms with van der Waals surface area (Å²) in [5.41, 5.74) is 7.14. The van der Waals surface area contributed by atoms with Gasteiger partial charge in [0, 0.05) is 5.56 Å². The molecule has 1 aromatic rings. The zero-order valence-electron chi connectivity index (χ0n) is 7.98. The second kappa shape index (κ2) is 4.03. The lowest BCUT2D eigenvalue weighted by Crippen LogP contribution is -2.29. The van der Waals surface area contributed by atoms with E-state index in [1.807, 2.05) is 4.98 Å². The van der Waals surface area contributed by atoms with Crippen LogP contribution in [-0.4, -0.2) is 27.0 Å². The number of pyridine rings is 1. The van der Waals surface area contributed by atoms with Gasteiger partial charge in [0.2, 0.25) is 0 Å². The lowest BCUT2D eigenvalue weighted by Gasteiger charge is -2.08. The number of carbonyl (C=O) groups excluding carboxylic acids is 2. The average molecular weight is 227 g/mol. The zero-order valence-corrected chi connectivity index (χ0v) is 7.98. The molecule has 0 aromatic carbocycles. The highest BCUT2D eigenvalue weighted by atomic mass is 16.3. The molecule has 0 fully saturated rings. The molecular formula is C8H9N3O5. The fraction of sp³-hybridized carbons (Fsp3) is 0.125. The topological polar surface area (TPSA) is 159 Å². The summed E-state index contributed by atoms with van der Waals surface area (Å²) in [5.74, 6) is -2.99. The van der Waals surface area contributed by atoms with Crippen molar-refractivity contribution in [3.8, 4) is 5.75 Å². The second-order valence-corrected chi connectivity index (χ2v) is 2.92. The third-order valence-corrected chi connectivity index (χ3v) is 1.94. The summed E-state index contributed by atoms with van der Waals surface area (Å²) >= 11 is 0. The number of aromatic hydroxyl groups is 1. The Bertz CT molecular complexity index is 519. The highest BCUT2D eigenvalue weighted by Gasteiger charge is 2.22. The molecule has 2 amide bonds. The molecule has 0 atom stereocenters.